The minimum Gasteiger partial charge on any atom is -0.356 e. The molecule has 1 amide bonds. The molecule has 0 atom stereocenters. The van der Waals surface area contributed by atoms with Gasteiger partial charge in [0.05, 0.1) is 0 Å². The first-order chi connectivity index (χ1) is 13.0. The first-order valence-corrected chi connectivity index (χ1v) is 9.66. The van der Waals surface area contributed by atoms with Gasteiger partial charge in [-0.15, -0.1) is 24.0 Å². The van der Waals surface area contributed by atoms with Crippen molar-refractivity contribution >= 4 is 35.8 Å². The van der Waals surface area contributed by atoms with Crippen molar-refractivity contribution in [2.24, 2.45) is 4.99 Å². The lowest BCUT2D eigenvalue weighted by Gasteiger charge is -2.33. The summed E-state index contributed by atoms with van der Waals surface area (Å²) in [7, 11) is 3.45. The van der Waals surface area contributed by atoms with Crippen LogP contribution in [-0.4, -0.2) is 63.1 Å². The zero-order chi connectivity index (χ0) is 19.6. The minimum atomic E-state index is -0.0553. The number of likely N-dealkylation sites (tertiary alicyclic amines) is 1. The largest absolute Gasteiger partial charge is 0.356 e. The van der Waals surface area contributed by atoms with Gasteiger partial charge in [0.2, 0.25) is 0 Å². The fraction of sp³-hybridized carbons (Fsp3) is 0.524. The molecule has 0 radical (unpaired) electrons. The number of piperidine rings is 1. The number of carbonyl (C=O) groups is 1. The molecular weight excluding hydrogens is 465 g/mol. The SMILES string of the molecule is C=C(C)CN1CCC(NC(=NC)NCCc2cccc(C(=O)NC)c2)CC1.I. The molecule has 1 heterocycles. The molecule has 1 aromatic carbocycles. The van der Waals surface area contributed by atoms with Crippen molar-refractivity contribution in [2.45, 2.75) is 32.2 Å². The maximum absolute atomic E-state index is 11.7. The Bertz CT molecular complexity index is 669. The predicted octanol–water partition coefficient (Wildman–Crippen LogP) is 2.41. The molecule has 2 rings (SSSR count). The Labute approximate surface area is 186 Å². The smallest absolute Gasteiger partial charge is 0.251 e. The van der Waals surface area contributed by atoms with Crippen LogP contribution in [0.15, 0.2) is 41.4 Å². The number of carbonyl (C=O) groups excluding carboxylic acids is 1. The van der Waals surface area contributed by atoms with Crippen molar-refractivity contribution in [3.05, 3.63) is 47.5 Å². The van der Waals surface area contributed by atoms with Crippen molar-refractivity contribution < 1.29 is 4.79 Å². The molecule has 156 valence electrons. The summed E-state index contributed by atoms with van der Waals surface area (Å²) in [5, 5.41) is 9.57. The molecule has 1 aliphatic rings. The Kier molecular flexibility index (Phi) is 11.1. The summed E-state index contributed by atoms with van der Waals surface area (Å²) in [6.45, 7) is 10.0. The second-order valence-electron chi connectivity index (χ2n) is 7.18. The number of amides is 1. The van der Waals surface area contributed by atoms with Crippen molar-refractivity contribution in [3.63, 3.8) is 0 Å². The molecular formula is C21H34IN5O. The van der Waals surface area contributed by atoms with Crippen molar-refractivity contribution in [2.75, 3.05) is 40.3 Å². The van der Waals surface area contributed by atoms with Crippen LogP contribution in [-0.2, 0) is 6.42 Å². The van der Waals surface area contributed by atoms with Gasteiger partial charge in [-0.3, -0.25) is 14.7 Å². The highest BCUT2D eigenvalue weighted by atomic mass is 127. The lowest BCUT2D eigenvalue weighted by molar-refractivity contribution is 0.0963. The molecule has 3 N–H and O–H groups in total. The maximum Gasteiger partial charge on any atom is 0.251 e. The summed E-state index contributed by atoms with van der Waals surface area (Å²) in [4.78, 5) is 18.5. The summed E-state index contributed by atoms with van der Waals surface area (Å²) >= 11 is 0. The van der Waals surface area contributed by atoms with Gasteiger partial charge in [0.25, 0.3) is 5.91 Å². The number of hydrogen-bond donors (Lipinski definition) is 3. The van der Waals surface area contributed by atoms with E-state index in [1.54, 1.807) is 14.1 Å². The highest BCUT2D eigenvalue weighted by molar-refractivity contribution is 14.0. The molecule has 0 spiro atoms. The third-order valence-electron chi connectivity index (χ3n) is 4.77. The van der Waals surface area contributed by atoms with Gasteiger partial charge >= 0.3 is 0 Å². The molecule has 28 heavy (non-hydrogen) atoms. The number of nitrogens with zero attached hydrogens (tertiary/aromatic N) is 2. The second kappa shape index (κ2) is 12.8. The second-order valence-corrected chi connectivity index (χ2v) is 7.18. The van der Waals surface area contributed by atoms with Crippen LogP contribution in [0.4, 0.5) is 0 Å². The summed E-state index contributed by atoms with van der Waals surface area (Å²) in [5.74, 6) is 0.788. The van der Waals surface area contributed by atoms with E-state index in [9.17, 15) is 4.79 Å². The molecule has 0 unspecified atom stereocenters. The lowest BCUT2D eigenvalue weighted by Crippen LogP contribution is -2.49. The van der Waals surface area contributed by atoms with Crippen LogP contribution < -0.4 is 16.0 Å². The molecule has 0 aromatic heterocycles. The molecule has 0 aliphatic carbocycles. The van der Waals surface area contributed by atoms with E-state index >= 15 is 0 Å². The Balaban J connectivity index is 0.00000392. The molecule has 0 saturated carbocycles. The average Bonchev–Trinajstić information content (AvgIpc) is 2.67. The standard InChI is InChI=1S/C21H33N5O.HI/c1-16(2)15-26-12-9-19(10-13-26)25-21(23-4)24-11-8-17-6-5-7-18(14-17)20(27)22-3;/h5-7,14,19H,1,8-13,15H2,2-4H3,(H,22,27)(H2,23,24,25);1H. The van der Waals surface area contributed by atoms with E-state index in [0.29, 0.717) is 11.6 Å². The van der Waals surface area contributed by atoms with Crippen LogP contribution in [0, 0.1) is 0 Å². The average molecular weight is 499 g/mol. The molecule has 7 heteroatoms. The third-order valence-corrected chi connectivity index (χ3v) is 4.77. The van der Waals surface area contributed by atoms with Gasteiger partial charge in [0.1, 0.15) is 0 Å². The Morgan fingerprint density at radius 3 is 2.64 bits per heavy atom. The maximum atomic E-state index is 11.7. The van der Waals surface area contributed by atoms with E-state index in [-0.39, 0.29) is 29.9 Å². The van der Waals surface area contributed by atoms with Gasteiger partial charge in [-0.25, -0.2) is 0 Å². The zero-order valence-corrected chi connectivity index (χ0v) is 19.6. The minimum absolute atomic E-state index is 0. The van der Waals surface area contributed by atoms with Crippen LogP contribution in [0.5, 0.6) is 0 Å². The van der Waals surface area contributed by atoms with Gasteiger partial charge in [-0.05, 0) is 43.9 Å². The van der Waals surface area contributed by atoms with Crippen LogP contribution in [0.25, 0.3) is 0 Å². The van der Waals surface area contributed by atoms with Crippen molar-refractivity contribution in [1.82, 2.24) is 20.9 Å². The van der Waals surface area contributed by atoms with Gasteiger partial charge in [-0.1, -0.05) is 24.3 Å². The Hall–Kier alpha value is -1.61. The number of benzene rings is 1. The molecule has 1 saturated heterocycles. The Morgan fingerprint density at radius 1 is 1.32 bits per heavy atom. The lowest BCUT2D eigenvalue weighted by atomic mass is 10.0. The van der Waals surface area contributed by atoms with E-state index in [1.165, 1.54) is 5.57 Å². The number of nitrogens with one attached hydrogen (secondary N) is 3. The number of hydrogen-bond acceptors (Lipinski definition) is 3. The monoisotopic (exact) mass is 499 g/mol. The quantitative estimate of drug-likeness (QED) is 0.233. The summed E-state index contributed by atoms with van der Waals surface area (Å²) < 4.78 is 0. The normalized spacial score (nSPS) is 15.5. The van der Waals surface area contributed by atoms with E-state index in [0.717, 1.165) is 57.0 Å². The third kappa shape index (κ3) is 8.18. The van der Waals surface area contributed by atoms with E-state index in [1.807, 2.05) is 24.3 Å². The van der Waals surface area contributed by atoms with E-state index in [2.05, 4.69) is 39.3 Å². The number of aliphatic imine (C=N–C) groups is 1. The molecule has 0 bridgehead atoms. The number of rotatable bonds is 7. The number of guanidine groups is 1. The van der Waals surface area contributed by atoms with Crippen LogP contribution >= 0.6 is 24.0 Å². The van der Waals surface area contributed by atoms with E-state index < -0.39 is 0 Å². The first kappa shape index (κ1) is 24.4. The zero-order valence-electron chi connectivity index (χ0n) is 17.3. The van der Waals surface area contributed by atoms with Gasteiger partial charge in [0.15, 0.2) is 5.96 Å². The van der Waals surface area contributed by atoms with Crippen molar-refractivity contribution in [3.8, 4) is 0 Å². The van der Waals surface area contributed by atoms with Crippen LogP contribution in [0.1, 0.15) is 35.7 Å². The highest BCUT2D eigenvalue weighted by Gasteiger charge is 2.19. The topological polar surface area (TPSA) is 68.8 Å². The Morgan fingerprint density at radius 2 is 2.04 bits per heavy atom. The van der Waals surface area contributed by atoms with Crippen molar-refractivity contribution in [1.29, 1.82) is 0 Å². The van der Waals surface area contributed by atoms with Gasteiger partial charge in [0, 0.05) is 51.9 Å². The summed E-state index contributed by atoms with van der Waals surface area (Å²) in [6.07, 6.45) is 3.06. The van der Waals surface area contributed by atoms with E-state index in [4.69, 9.17) is 0 Å². The molecule has 1 fully saturated rings. The highest BCUT2D eigenvalue weighted by Crippen LogP contribution is 2.11. The predicted molar refractivity (Wildman–Crippen MR) is 128 cm³/mol. The molecule has 1 aromatic rings. The fourth-order valence-electron chi connectivity index (χ4n) is 3.34. The number of halogens is 1. The van der Waals surface area contributed by atoms with Gasteiger partial charge < -0.3 is 16.0 Å². The molecule has 1 aliphatic heterocycles. The van der Waals surface area contributed by atoms with Gasteiger partial charge in [-0.2, -0.15) is 0 Å². The first-order valence-electron chi connectivity index (χ1n) is 9.66. The summed E-state index contributed by atoms with van der Waals surface area (Å²) in [6, 6.07) is 8.19. The van der Waals surface area contributed by atoms with Crippen LogP contribution in [0.2, 0.25) is 0 Å². The van der Waals surface area contributed by atoms with Crippen LogP contribution in [0.3, 0.4) is 0 Å². The molecule has 6 nitrogen and oxygen atoms in total. The fourth-order valence-corrected chi connectivity index (χ4v) is 3.34. The summed E-state index contributed by atoms with van der Waals surface area (Å²) in [5.41, 5.74) is 3.05.